The van der Waals surface area contributed by atoms with Gasteiger partial charge in [0.15, 0.2) is 0 Å². The molecule has 0 radical (unpaired) electrons. The Morgan fingerprint density at radius 3 is 1.89 bits per heavy atom. The van der Waals surface area contributed by atoms with Gasteiger partial charge in [-0.3, -0.25) is 0 Å². The highest BCUT2D eigenvalue weighted by Crippen LogP contribution is 2.30. The standard InChI is InChI=1S/C15H20F3N/c16-15(17,18)12-8-10-14(11-9-12)19-13-6-4-2-1-3-5-7-13/h8-11,13,19H,1-7H2. The Morgan fingerprint density at radius 1 is 0.842 bits per heavy atom. The number of alkyl halides is 3. The van der Waals surface area contributed by atoms with Crippen LogP contribution in [0.15, 0.2) is 24.3 Å². The fraction of sp³-hybridized carbons (Fsp3) is 0.600. The Balaban J connectivity index is 1.94. The minimum absolute atomic E-state index is 0.400. The zero-order valence-electron chi connectivity index (χ0n) is 11.0. The SMILES string of the molecule is FC(F)(F)c1ccc(NC2CCCCCCC2)cc1. The third-order valence-corrected chi connectivity index (χ3v) is 3.69. The van der Waals surface area contributed by atoms with Crippen molar-refractivity contribution < 1.29 is 13.2 Å². The molecule has 0 bridgehead atoms. The summed E-state index contributed by atoms with van der Waals surface area (Å²) in [7, 11) is 0. The first kappa shape index (κ1) is 14.2. The van der Waals surface area contributed by atoms with Crippen LogP contribution in [0.4, 0.5) is 18.9 Å². The van der Waals surface area contributed by atoms with Gasteiger partial charge in [0.05, 0.1) is 5.56 Å². The second-order valence-corrected chi connectivity index (χ2v) is 5.26. The fourth-order valence-corrected chi connectivity index (χ4v) is 2.59. The second-order valence-electron chi connectivity index (χ2n) is 5.26. The van der Waals surface area contributed by atoms with Gasteiger partial charge in [0.1, 0.15) is 0 Å². The van der Waals surface area contributed by atoms with Crippen molar-refractivity contribution in [2.75, 3.05) is 5.32 Å². The highest BCUT2D eigenvalue weighted by Gasteiger charge is 2.29. The van der Waals surface area contributed by atoms with E-state index in [1.165, 1.54) is 44.2 Å². The van der Waals surface area contributed by atoms with E-state index in [1.807, 2.05) is 0 Å². The zero-order chi connectivity index (χ0) is 13.7. The molecule has 1 aromatic rings. The van der Waals surface area contributed by atoms with Gasteiger partial charge < -0.3 is 5.32 Å². The highest BCUT2D eigenvalue weighted by atomic mass is 19.4. The van der Waals surface area contributed by atoms with E-state index >= 15 is 0 Å². The van der Waals surface area contributed by atoms with E-state index in [2.05, 4.69) is 5.32 Å². The van der Waals surface area contributed by atoms with Crippen LogP contribution in [0.25, 0.3) is 0 Å². The topological polar surface area (TPSA) is 12.0 Å². The first-order valence-electron chi connectivity index (χ1n) is 6.99. The van der Waals surface area contributed by atoms with Gasteiger partial charge in [-0.2, -0.15) is 13.2 Å². The maximum Gasteiger partial charge on any atom is 0.416 e. The van der Waals surface area contributed by atoms with Crippen LogP contribution in [0.3, 0.4) is 0 Å². The molecule has 0 heterocycles. The van der Waals surface area contributed by atoms with Crippen molar-refractivity contribution in [3.63, 3.8) is 0 Å². The van der Waals surface area contributed by atoms with E-state index in [1.54, 1.807) is 0 Å². The van der Waals surface area contributed by atoms with Gasteiger partial charge in [-0.25, -0.2) is 0 Å². The van der Waals surface area contributed by atoms with Gasteiger partial charge in [-0.15, -0.1) is 0 Å². The molecule has 19 heavy (non-hydrogen) atoms. The van der Waals surface area contributed by atoms with Crippen molar-refractivity contribution in [2.45, 2.75) is 57.2 Å². The number of nitrogens with one attached hydrogen (secondary N) is 1. The Morgan fingerprint density at radius 2 is 1.37 bits per heavy atom. The maximum absolute atomic E-state index is 12.5. The molecule has 1 aromatic carbocycles. The number of rotatable bonds is 2. The summed E-state index contributed by atoms with van der Waals surface area (Å²) in [5, 5.41) is 3.36. The van der Waals surface area contributed by atoms with E-state index in [0.717, 1.165) is 30.7 Å². The van der Waals surface area contributed by atoms with E-state index in [0.29, 0.717) is 6.04 Å². The zero-order valence-corrected chi connectivity index (χ0v) is 11.0. The molecule has 0 unspecified atom stereocenters. The number of hydrogen-bond donors (Lipinski definition) is 1. The lowest BCUT2D eigenvalue weighted by Crippen LogP contribution is -2.20. The fourth-order valence-electron chi connectivity index (χ4n) is 2.59. The second kappa shape index (κ2) is 6.31. The summed E-state index contributed by atoms with van der Waals surface area (Å²) >= 11 is 0. The van der Waals surface area contributed by atoms with E-state index < -0.39 is 11.7 Å². The maximum atomic E-state index is 12.5. The first-order valence-corrected chi connectivity index (χ1v) is 6.99. The predicted octanol–water partition coefficient (Wildman–Crippen LogP) is 5.23. The molecule has 0 amide bonds. The van der Waals surface area contributed by atoms with Gasteiger partial charge in [-0.05, 0) is 37.1 Å². The molecule has 1 N–H and O–H groups in total. The van der Waals surface area contributed by atoms with Crippen LogP contribution >= 0.6 is 0 Å². The van der Waals surface area contributed by atoms with Crippen LogP contribution in [0.2, 0.25) is 0 Å². The molecule has 1 aliphatic rings. The van der Waals surface area contributed by atoms with Crippen LogP contribution < -0.4 is 5.32 Å². The summed E-state index contributed by atoms with van der Waals surface area (Å²) in [6.45, 7) is 0. The number of anilines is 1. The average molecular weight is 271 g/mol. The Kier molecular flexibility index (Phi) is 4.72. The van der Waals surface area contributed by atoms with E-state index in [-0.39, 0.29) is 0 Å². The first-order chi connectivity index (χ1) is 9.05. The monoisotopic (exact) mass is 271 g/mol. The lowest BCUT2D eigenvalue weighted by Gasteiger charge is -2.22. The Bertz CT molecular complexity index is 375. The van der Waals surface area contributed by atoms with E-state index in [4.69, 9.17) is 0 Å². The summed E-state index contributed by atoms with van der Waals surface area (Å²) in [4.78, 5) is 0. The molecule has 0 saturated heterocycles. The smallest absolute Gasteiger partial charge is 0.382 e. The molecular weight excluding hydrogens is 251 g/mol. The quantitative estimate of drug-likeness (QED) is 0.776. The molecule has 0 aromatic heterocycles. The van der Waals surface area contributed by atoms with Crippen molar-refractivity contribution in [3.05, 3.63) is 29.8 Å². The Labute approximate surface area is 112 Å². The Hall–Kier alpha value is -1.19. The molecule has 1 aliphatic carbocycles. The van der Waals surface area contributed by atoms with E-state index in [9.17, 15) is 13.2 Å². The minimum Gasteiger partial charge on any atom is -0.382 e. The van der Waals surface area contributed by atoms with Gasteiger partial charge in [0.2, 0.25) is 0 Å². The molecule has 4 heteroatoms. The summed E-state index contributed by atoms with van der Waals surface area (Å²) in [5.74, 6) is 0. The molecule has 2 rings (SSSR count). The molecule has 1 fully saturated rings. The summed E-state index contributed by atoms with van der Waals surface area (Å²) in [6, 6.07) is 5.75. The number of halogens is 3. The van der Waals surface area contributed by atoms with Gasteiger partial charge >= 0.3 is 6.18 Å². The van der Waals surface area contributed by atoms with Gasteiger partial charge in [-0.1, -0.05) is 32.1 Å². The molecule has 106 valence electrons. The van der Waals surface area contributed by atoms with Crippen molar-refractivity contribution >= 4 is 5.69 Å². The van der Waals surface area contributed by atoms with Crippen LogP contribution in [0.5, 0.6) is 0 Å². The molecule has 0 aliphatic heterocycles. The lowest BCUT2D eigenvalue weighted by molar-refractivity contribution is -0.137. The van der Waals surface area contributed by atoms with Crippen LogP contribution in [0.1, 0.15) is 50.5 Å². The summed E-state index contributed by atoms with van der Waals surface area (Å²) in [6.07, 6.45) is 4.24. The van der Waals surface area contributed by atoms with Crippen molar-refractivity contribution in [1.29, 1.82) is 0 Å². The average Bonchev–Trinajstić information content (AvgIpc) is 2.32. The number of benzene rings is 1. The third kappa shape index (κ3) is 4.44. The van der Waals surface area contributed by atoms with Crippen molar-refractivity contribution in [2.24, 2.45) is 0 Å². The number of hydrogen-bond acceptors (Lipinski definition) is 1. The molecular formula is C15H20F3N. The summed E-state index contributed by atoms with van der Waals surface area (Å²) in [5.41, 5.74) is 0.203. The molecule has 1 saturated carbocycles. The molecule has 0 spiro atoms. The van der Waals surface area contributed by atoms with Crippen molar-refractivity contribution in [1.82, 2.24) is 0 Å². The summed E-state index contributed by atoms with van der Waals surface area (Å²) < 4.78 is 37.4. The van der Waals surface area contributed by atoms with Crippen LogP contribution in [0, 0.1) is 0 Å². The molecule has 1 nitrogen and oxygen atoms in total. The third-order valence-electron chi connectivity index (χ3n) is 3.69. The van der Waals surface area contributed by atoms with Crippen molar-refractivity contribution in [3.8, 4) is 0 Å². The van der Waals surface area contributed by atoms with Gasteiger partial charge in [0, 0.05) is 11.7 Å². The largest absolute Gasteiger partial charge is 0.416 e. The van der Waals surface area contributed by atoms with Crippen LogP contribution in [-0.2, 0) is 6.18 Å². The highest BCUT2D eigenvalue weighted by molar-refractivity contribution is 5.45. The molecule has 0 atom stereocenters. The van der Waals surface area contributed by atoms with Gasteiger partial charge in [0.25, 0.3) is 0 Å². The minimum atomic E-state index is -4.25. The normalized spacial score (nSPS) is 18.7. The lowest BCUT2D eigenvalue weighted by atomic mass is 9.96. The van der Waals surface area contributed by atoms with Crippen LogP contribution in [-0.4, -0.2) is 6.04 Å². The predicted molar refractivity (Wildman–Crippen MR) is 71.2 cm³/mol.